The Morgan fingerprint density at radius 1 is 1.30 bits per heavy atom. The van der Waals surface area contributed by atoms with Crippen molar-refractivity contribution in [3.8, 4) is 5.75 Å². The number of benzene rings is 1. The van der Waals surface area contributed by atoms with Crippen molar-refractivity contribution in [3.63, 3.8) is 0 Å². The zero-order chi connectivity index (χ0) is 14.8. The summed E-state index contributed by atoms with van der Waals surface area (Å²) in [7, 11) is -2.33. The van der Waals surface area contributed by atoms with Crippen LogP contribution in [0.2, 0.25) is 5.02 Å². The zero-order valence-electron chi connectivity index (χ0n) is 10.9. The van der Waals surface area contributed by atoms with Gasteiger partial charge in [0, 0.05) is 18.5 Å². The quantitative estimate of drug-likeness (QED) is 0.942. The molecule has 0 aliphatic heterocycles. The molecule has 1 aromatic heterocycles. The van der Waals surface area contributed by atoms with E-state index in [1.165, 1.54) is 25.4 Å². The van der Waals surface area contributed by atoms with Crippen LogP contribution in [0.25, 0.3) is 0 Å². The molecule has 1 N–H and O–H groups in total. The fourth-order valence-corrected chi connectivity index (χ4v) is 3.25. The molecular weight excluding hydrogens is 300 g/mol. The highest BCUT2D eigenvalue weighted by Gasteiger charge is 2.19. The summed E-state index contributed by atoms with van der Waals surface area (Å²) in [5, 5.41) is 0.130. The maximum absolute atomic E-state index is 12.4. The van der Waals surface area contributed by atoms with Gasteiger partial charge in [-0.2, -0.15) is 0 Å². The van der Waals surface area contributed by atoms with Gasteiger partial charge in [-0.05, 0) is 30.7 Å². The Hall–Kier alpha value is -1.79. The summed E-state index contributed by atoms with van der Waals surface area (Å²) in [5.41, 5.74) is 1.17. The molecule has 0 aliphatic rings. The maximum Gasteiger partial charge on any atom is 0.263 e. The monoisotopic (exact) mass is 312 g/mol. The number of hydrogen-bond donors (Lipinski definition) is 1. The molecule has 0 atom stereocenters. The van der Waals surface area contributed by atoms with E-state index in [0.717, 1.165) is 5.56 Å². The number of methoxy groups -OCH3 is 1. The van der Waals surface area contributed by atoms with Crippen LogP contribution in [0.3, 0.4) is 0 Å². The average Bonchev–Trinajstić information content (AvgIpc) is 2.41. The van der Waals surface area contributed by atoms with E-state index in [1.807, 2.05) is 0 Å². The van der Waals surface area contributed by atoms with E-state index in [9.17, 15) is 8.42 Å². The van der Waals surface area contributed by atoms with E-state index >= 15 is 0 Å². The van der Waals surface area contributed by atoms with Crippen LogP contribution in [0, 0.1) is 6.92 Å². The fraction of sp³-hybridized carbons (Fsp3) is 0.154. The van der Waals surface area contributed by atoms with Gasteiger partial charge >= 0.3 is 0 Å². The van der Waals surface area contributed by atoms with Crippen LogP contribution in [0.5, 0.6) is 5.75 Å². The highest BCUT2D eigenvalue weighted by atomic mass is 35.5. The van der Waals surface area contributed by atoms with Crippen LogP contribution in [-0.4, -0.2) is 20.5 Å². The van der Waals surface area contributed by atoms with Crippen LogP contribution in [0.1, 0.15) is 5.56 Å². The number of hydrogen-bond acceptors (Lipinski definition) is 4. The normalized spacial score (nSPS) is 11.2. The number of halogens is 1. The van der Waals surface area contributed by atoms with Crippen molar-refractivity contribution >= 4 is 27.3 Å². The third kappa shape index (κ3) is 3.02. The maximum atomic E-state index is 12.4. The molecule has 0 radical (unpaired) electrons. The molecule has 7 heteroatoms. The number of rotatable bonds is 4. The van der Waals surface area contributed by atoms with Gasteiger partial charge < -0.3 is 4.74 Å². The van der Waals surface area contributed by atoms with Gasteiger partial charge in [0.15, 0.2) is 0 Å². The lowest BCUT2D eigenvalue weighted by Crippen LogP contribution is -2.14. The first-order valence-corrected chi connectivity index (χ1v) is 7.57. The van der Waals surface area contributed by atoms with Crippen molar-refractivity contribution in [2.45, 2.75) is 11.8 Å². The van der Waals surface area contributed by atoms with Crippen molar-refractivity contribution in [2.24, 2.45) is 0 Å². The van der Waals surface area contributed by atoms with E-state index in [0.29, 0.717) is 11.4 Å². The number of sulfonamides is 1. The van der Waals surface area contributed by atoms with E-state index < -0.39 is 10.0 Å². The molecule has 0 unspecified atom stereocenters. The first-order valence-electron chi connectivity index (χ1n) is 5.71. The first-order chi connectivity index (χ1) is 9.44. The van der Waals surface area contributed by atoms with Crippen molar-refractivity contribution in [3.05, 3.63) is 47.2 Å². The molecule has 1 heterocycles. The predicted molar refractivity (Wildman–Crippen MR) is 77.8 cm³/mol. The molecule has 0 fully saturated rings. The first kappa shape index (κ1) is 14.6. The number of anilines is 1. The lowest BCUT2D eigenvalue weighted by Gasteiger charge is -2.12. The van der Waals surface area contributed by atoms with E-state index in [-0.39, 0.29) is 9.92 Å². The Kier molecular flexibility index (Phi) is 4.15. The van der Waals surface area contributed by atoms with Gasteiger partial charge in [0.05, 0.1) is 17.8 Å². The van der Waals surface area contributed by atoms with Crippen LogP contribution >= 0.6 is 11.6 Å². The van der Waals surface area contributed by atoms with Crippen LogP contribution in [0.15, 0.2) is 41.6 Å². The second-order valence-corrected chi connectivity index (χ2v) is 6.15. The van der Waals surface area contributed by atoms with Gasteiger partial charge in [0.1, 0.15) is 10.6 Å². The molecule has 0 spiro atoms. The average molecular weight is 313 g/mol. The molecule has 0 aliphatic carbocycles. The third-order valence-electron chi connectivity index (χ3n) is 2.69. The molecule has 2 aromatic rings. The van der Waals surface area contributed by atoms with Crippen LogP contribution in [-0.2, 0) is 10.0 Å². The van der Waals surface area contributed by atoms with E-state index in [1.54, 1.807) is 25.3 Å². The highest BCUT2D eigenvalue weighted by molar-refractivity contribution is 7.92. The molecule has 106 valence electrons. The van der Waals surface area contributed by atoms with Gasteiger partial charge in [-0.3, -0.25) is 9.71 Å². The van der Waals surface area contributed by atoms with Gasteiger partial charge in [-0.25, -0.2) is 8.42 Å². The predicted octanol–water partition coefficient (Wildman–Crippen LogP) is 2.85. The Morgan fingerprint density at radius 2 is 2.05 bits per heavy atom. The number of nitrogens with zero attached hydrogens (tertiary/aromatic N) is 1. The summed E-state index contributed by atoms with van der Waals surface area (Å²) >= 11 is 5.96. The SMILES string of the molecule is COc1ccc(Cl)c(S(=O)(=O)Nc2ccncc2C)c1. The van der Waals surface area contributed by atoms with Crippen LogP contribution in [0.4, 0.5) is 5.69 Å². The van der Waals surface area contributed by atoms with Crippen molar-refractivity contribution in [2.75, 3.05) is 11.8 Å². The summed E-state index contributed by atoms with van der Waals surface area (Å²) in [6.45, 7) is 1.76. The standard InChI is InChI=1S/C13H13ClN2O3S/c1-9-8-15-6-5-12(9)16-20(17,18)13-7-10(19-2)3-4-11(13)14/h3-8H,1-2H3,(H,15,16). The smallest absolute Gasteiger partial charge is 0.263 e. The molecule has 0 bridgehead atoms. The van der Waals surface area contributed by atoms with E-state index in [2.05, 4.69) is 9.71 Å². The fourth-order valence-electron chi connectivity index (χ4n) is 1.60. The Balaban J connectivity index is 2.43. The topological polar surface area (TPSA) is 68.3 Å². The minimum Gasteiger partial charge on any atom is -0.497 e. The zero-order valence-corrected chi connectivity index (χ0v) is 12.5. The number of nitrogens with one attached hydrogen (secondary N) is 1. The highest BCUT2D eigenvalue weighted by Crippen LogP contribution is 2.28. The molecule has 20 heavy (non-hydrogen) atoms. The second-order valence-electron chi connectivity index (χ2n) is 4.09. The Labute approximate surface area is 122 Å². The summed E-state index contributed by atoms with van der Waals surface area (Å²) in [5.74, 6) is 0.418. The minimum atomic E-state index is -3.79. The third-order valence-corrected chi connectivity index (χ3v) is 4.54. The molecule has 0 amide bonds. The lowest BCUT2D eigenvalue weighted by molar-refractivity contribution is 0.413. The van der Waals surface area contributed by atoms with Crippen molar-refractivity contribution < 1.29 is 13.2 Å². The molecular formula is C13H13ClN2O3S. The summed E-state index contributed by atoms with van der Waals surface area (Å²) in [6, 6.07) is 6.04. The molecule has 1 aromatic carbocycles. The number of aryl methyl sites for hydroxylation is 1. The summed E-state index contributed by atoms with van der Waals surface area (Å²) in [4.78, 5) is 3.88. The van der Waals surface area contributed by atoms with Gasteiger partial charge in [-0.1, -0.05) is 11.6 Å². The van der Waals surface area contributed by atoms with Gasteiger partial charge in [0.25, 0.3) is 10.0 Å². The van der Waals surface area contributed by atoms with Crippen molar-refractivity contribution in [1.29, 1.82) is 0 Å². The minimum absolute atomic E-state index is 0.0327. The van der Waals surface area contributed by atoms with Gasteiger partial charge in [-0.15, -0.1) is 0 Å². The number of ether oxygens (including phenoxy) is 1. The Bertz CT molecular complexity index is 732. The molecule has 0 saturated carbocycles. The molecule has 5 nitrogen and oxygen atoms in total. The second kappa shape index (κ2) is 5.68. The number of aromatic nitrogens is 1. The van der Waals surface area contributed by atoms with Crippen molar-refractivity contribution in [1.82, 2.24) is 4.98 Å². The molecule has 2 rings (SSSR count). The van der Waals surface area contributed by atoms with E-state index in [4.69, 9.17) is 16.3 Å². The number of pyridine rings is 1. The molecule has 0 saturated heterocycles. The summed E-state index contributed by atoms with van der Waals surface area (Å²) < 4.78 is 32.2. The van der Waals surface area contributed by atoms with Gasteiger partial charge in [0.2, 0.25) is 0 Å². The Morgan fingerprint density at radius 3 is 2.70 bits per heavy atom. The lowest BCUT2D eigenvalue weighted by atomic mass is 10.3. The summed E-state index contributed by atoms with van der Waals surface area (Å²) in [6.07, 6.45) is 3.09. The van der Waals surface area contributed by atoms with Crippen LogP contribution < -0.4 is 9.46 Å². The largest absolute Gasteiger partial charge is 0.497 e.